The van der Waals surface area contributed by atoms with E-state index in [0.717, 1.165) is 11.1 Å². The van der Waals surface area contributed by atoms with E-state index in [4.69, 9.17) is 14.2 Å². The number of hydrogen-bond donors (Lipinski definition) is 1. The second-order valence-corrected chi connectivity index (χ2v) is 6.89. The molecule has 0 spiro atoms. The van der Waals surface area contributed by atoms with Gasteiger partial charge in [-0.05, 0) is 55.7 Å². The Morgan fingerprint density at radius 2 is 1.53 bits per heavy atom. The van der Waals surface area contributed by atoms with Crippen LogP contribution < -0.4 is 10.1 Å². The molecule has 7 heteroatoms. The molecule has 0 fully saturated rings. The number of hydrogen-bond acceptors (Lipinski definition) is 6. The van der Waals surface area contributed by atoms with E-state index in [2.05, 4.69) is 5.32 Å². The van der Waals surface area contributed by atoms with Gasteiger partial charge < -0.3 is 19.5 Å². The maximum atomic E-state index is 12.1. The number of ether oxygens (including phenoxy) is 3. The van der Waals surface area contributed by atoms with Crippen molar-refractivity contribution in [1.29, 1.82) is 0 Å². The molecule has 30 heavy (non-hydrogen) atoms. The van der Waals surface area contributed by atoms with Crippen LogP contribution in [0.4, 0.5) is 0 Å². The topological polar surface area (TPSA) is 90.9 Å². The van der Waals surface area contributed by atoms with Gasteiger partial charge >= 0.3 is 11.9 Å². The first-order valence-corrected chi connectivity index (χ1v) is 9.79. The fraction of sp³-hybridized carbons (Fsp3) is 0.348. The molecular weight excluding hydrogens is 386 g/mol. The summed E-state index contributed by atoms with van der Waals surface area (Å²) in [6, 6.07) is 13.9. The van der Waals surface area contributed by atoms with Gasteiger partial charge in [0, 0.05) is 20.1 Å². The zero-order valence-electron chi connectivity index (χ0n) is 17.5. The average molecular weight is 413 g/mol. The summed E-state index contributed by atoms with van der Waals surface area (Å²) in [5, 5.41) is 2.68. The van der Waals surface area contributed by atoms with E-state index in [1.165, 1.54) is 6.92 Å². The van der Waals surface area contributed by atoms with Crippen molar-refractivity contribution in [3.05, 3.63) is 54.1 Å². The van der Waals surface area contributed by atoms with Crippen molar-refractivity contribution >= 4 is 17.8 Å². The number of carbonyl (C=O) groups excluding carboxylic acids is 3. The maximum absolute atomic E-state index is 12.1. The lowest BCUT2D eigenvalue weighted by Gasteiger charge is -2.09. The Kier molecular flexibility index (Phi) is 9.03. The summed E-state index contributed by atoms with van der Waals surface area (Å²) in [5.41, 5.74) is 2.15. The lowest BCUT2D eigenvalue weighted by atomic mass is 10.0. The van der Waals surface area contributed by atoms with E-state index in [-0.39, 0.29) is 24.6 Å². The highest BCUT2D eigenvalue weighted by Gasteiger charge is 2.10. The Morgan fingerprint density at radius 3 is 2.10 bits per heavy atom. The third kappa shape index (κ3) is 8.05. The van der Waals surface area contributed by atoms with Gasteiger partial charge in [-0.25, -0.2) is 4.79 Å². The second-order valence-electron chi connectivity index (χ2n) is 6.89. The number of benzene rings is 2. The zero-order chi connectivity index (χ0) is 21.9. The Bertz CT molecular complexity index is 843. The summed E-state index contributed by atoms with van der Waals surface area (Å²) in [4.78, 5) is 34.8. The molecule has 0 saturated carbocycles. The monoisotopic (exact) mass is 413 g/mol. The van der Waals surface area contributed by atoms with Crippen LogP contribution in [0.2, 0.25) is 0 Å². The van der Waals surface area contributed by atoms with E-state index in [1.54, 1.807) is 36.4 Å². The van der Waals surface area contributed by atoms with Crippen molar-refractivity contribution in [3.8, 4) is 16.9 Å². The molecule has 160 valence electrons. The molecule has 0 bridgehead atoms. The molecule has 1 N–H and O–H groups in total. The zero-order valence-corrected chi connectivity index (χ0v) is 17.5. The molecule has 0 aliphatic carbocycles. The summed E-state index contributed by atoms with van der Waals surface area (Å²) >= 11 is 0. The highest BCUT2D eigenvalue weighted by molar-refractivity contribution is 5.91. The van der Waals surface area contributed by atoms with Gasteiger partial charge in [0.25, 0.3) is 5.91 Å². The molecule has 7 nitrogen and oxygen atoms in total. The van der Waals surface area contributed by atoms with E-state index in [9.17, 15) is 14.4 Å². The molecular formula is C23H27NO6. The van der Waals surface area contributed by atoms with Crippen molar-refractivity contribution in [1.82, 2.24) is 5.32 Å². The number of nitrogens with one attached hydrogen (secondary N) is 1. The van der Waals surface area contributed by atoms with Gasteiger partial charge in [-0.3, -0.25) is 9.59 Å². The fourth-order valence-corrected chi connectivity index (χ4v) is 2.56. The van der Waals surface area contributed by atoms with E-state index in [0.29, 0.717) is 30.9 Å². The van der Waals surface area contributed by atoms with Crippen LogP contribution in [-0.4, -0.2) is 43.7 Å². The molecule has 2 aromatic rings. The Labute approximate surface area is 176 Å². The molecule has 0 aromatic heterocycles. The molecule has 0 unspecified atom stereocenters. The van der Waals surface area contributed by atoms with E-state index < -0.39 is 5.97 Å². The molecule has 2 aromatic carbocycles. The van der Waals surface area contributed by atoms with Gasteiger partial charge in [0.15, 0.2) is 6.61 Å². The van der Waals surface area contributed by atoms with Gasteiger partial charge in [0.05, 0.1) is 11.7 Å². The minimum atomic E-state index is -0.565. The van der Waals surface area contributed by atoms with Crippen LogP contribution in [0.25, 0.3) is 11.1 Å². The van der Waals surface area contributed by atoms with Crippen LogP contribution in [0.1, 0.15) is 37.6 Å². The first kappa shape index (κ1) is 23.1. The summed E-state index contributed by atoms with van der Waals surface area (Å²) in [7, 11) is 0. The van der Waals surface area contributed by atoms with Crippen molar-refractivity contribution < 1.29 is 28.6 Å². The molecule has 0 heterocycles. The van der Waals surface area contributed by atoms with Crippen molar-refractivity contribution in [2.75, 3.05) is 19.8 Å². The third-order valence-electron chi connectivity index (χ3n) is 4.00. The molecule has 0 atom stereocenters. The molecule has 0 saturated heterocycles. The van der Waals surface area contributed by atoms with Gasteiger partial charge in [0.2, 0.25) is 0 Å². The molecule has 1 amide bonds. The number of amides is 1. The Balaban J connectivity index is 1.79. The van der Waals surface area contributed by atoms with Gasteiger partial charge in [-0.1, -0.05) is 24.3 Å². The van der Waals surface area contributed by atoms with Crippen molar-refractivity contribution in [2.45, 2.75) is 33.3 Å². The molecule has 0 radical (unpaired) electrons. The lowest BCUT2D eigenvalue weighted by Crippen LogP contribution is -2.30. The van der Waals surface area contributed by atoms with Crippen LogP contribution in [0.15, 0.2) is 48.5 Å². The fourth-order valence-electron chi connectivity index (χ4n) is 2.56. The largest absolute Gasteiger partial charge is 0.452 e. The Morgan fingerprint density at radius 1 is 0.933 bits per heavy atom. The standard InChI is InChI=1S/C23H27NO6/c1-16(2)28-14-4-13-24-22(26)15-29-23(27)20-7-5-18(6-8-20)19-9-11-21(12-10-19)30-17(3)25/h5-12,16H,4,13-15H2,1-3H3,(H,24,26). The lowest BCUT2D eigenvalue weighted by molar-refractivity contribution is -0.131. The SMILES string of the molecule is CC(=O)Oc1ccc(-c2ccc(C(=O)OCC(=O)NCCCOC(C)C)cc2)cc1. The third-order valence-corrected chi connectivity index (χ3v) is 4.00. The van der Waals surface area contributed by atoms with Crippen LogP contribution in [0, 0.1) is 0 Å². The summed E-state index contributed by atoms with van der Waals surface area (Å²) < 4.78 is 15.4. The van der Waals surface area contributed by atoms with Crippen LogP contribution in [-0.2, 0) is 19.1 Å². The van der Waals surface area contributed by atoms with E-state index in [1.807, 2.05) is 26.0 Å². The highest BCUT2D eigenvalue weighted by Crippen LogP contribution is 2.23. The predicted molar refractivity (Wildman–Crippen MR) is 112 cm³/mol. The molecule has 0 aliphatic rings. The first-order valence-electron chi connectivity index (χ1n) is 9.79. The van der Waals surface area contributed by atoms with Crippen LogP contribution in [0.3, 0.4) is 0 Å². The number of carbonyl (C=O) groups is 3. The normalized spacial score (nSPS) is 10.5. The highest BCUT2D eigenvalue weighted by atomic mass is 16.5. The summed E-state index contributed by atoms with van der Waals surface area (Å²) in [6.45, 7) is 5.95. The predicted octanol–water partition coefficient (Wildman–Crippen LogP) is 3.37. The van der Waals surface area contributed by atoms with Crippen LogP contribution >= 0.6 is 0 Å². The second kappa shape index (κ2) is 11.7. The van der Waals surface area contributed by atoms with Gasteiger partial charge in [-0.15, -0.1) is 0 Å². The van der Waals surface area contributed by atoms with Gasteiger partial charge in [-0.2, -0.15) is 0 Å². The maximum Gasteiger partial charge on any atom is 0.338 e. The van der Waals surface area contributed by atoms with Crippen molar-refractivity contribution in [3.63, 3.8) is 0 Å². The average Bonchev–Trinajstić information content (AvgIpc) is 2.72. The first-order chi connectivity index (χ1) is 14.3. The summed E-state index contributed by atoms with van der Waals surface area (Å²) in [6.07, 6.45) is 0.856. The van der Waals surface area contributed by atoms with E-state index >= 15 is 0 Å². The number of esters is 2. The van der Waals surface area contributed by atoms with Crippen molar-refractivity contribution in [2.24, 2.45) is 0 Å². The minimum Gasteiger partial charge on any atom is -0.452 e. The number of rotatable bonds is 10. The molecule has 0 aliphatic heterocycles. The smallest absolute Gasteiger partial charge is 0.338 e. The Hall–Kier alpha value is -3.19. The summed E-state index contributed by atoms with van der Waals surface area (Å²) in [5.74, 6) is -0.820. The van der Waals surface area contributed by atoms with Crippen LogP contribution in [0.5, 0.6) is 5.75 Å². The minimum absolute atomic E-state index is 0.160. The van der Waals surface area contributed by atoms with Gasteiger partial charge in [0.1, 0.15) is 5.75 Å². The quantitative estimate of drug-likeness (QED) is 0.365. The molecule has 2 rings (SSSR count).